The molecule has 7 heteroatoms. The van der Waals surface area contributed by atoms with E-state index in [1.54, 1.807) is 18.2 Å². The van der Waals surface area contributed by atoms with Gasteiger partial charge in [-0.25, -0.2) is 12.8 Å². The molecule has 0 saturated carbocycles. The molecular formula is C14H13ClFNO3S. The predicted molar refractivity (Wildman–Crippen MR) is 79.4 cm³/mol. The Hall–Kier alpha value is -1.63. The van der Waals surface area contributed by atoms with E-state index < -0.39 is 20.7 Å². The van der Waals surface area contributed by atoms with Gasteiger partial charge in [0.05, 0.1) is 17.3 Å². The van der Waals surface area contributed by atoms with Crippen LogP contribution in [0.4, 0.5) is 10.1 Å². The average Bonchev–Trinajstić information content (AvgIpc) is 2.46. The van der Waals surface area contributed by atoms with Crippen LogP contribution >= 0.6 is 11.6 Å². The predicted octanol–water partition coefficient (Wildman–Crippen LogP) is 2.80. The minimum absolute atomic E-state index is 0.180. The summed E-state index contributed by atoms with van der Waals surface area (Å²) < 4.78 is 39.8. The van der Waals surface area contributed by atoms with Crippen molar-refractivity contribution in [2.45, 2.75) is 11.5 Å². The average molecular weight is 330 g/mol. The summed E-state index contributed by atoms with van der Waals surface area (Å²) >= 11 is 5.82. The first-order valence-electron chi connectivity index (χ1n) is 6.00. The lowest BCUT2D eigenvalue weighted by Crippen LogP contribution is -2.27. The number of benzene rings is 2. The van der Waals surface area contributed by atoms with Crippen molar-refractivity contribution < 1.29 is 17.9 Å². The molecule has 2 aromatic rings. The number of aliphatic hydroxyl groups excluding tert-OH is 1. The summed E-state index contributed by atoms with van der Waals surface area (Å²) in [6.45, 7) is -0.220. The molecule has 0 aliphatic heterocycles. The molecule has 0 aliphatic rings. The van der Waals surface area contributed by atoms with Crippen LogP contribution in [-0.2, 0) is 16.6 Å². The van der Waals surface area contributed by atoms with E-state index in [0.29, 0.717) is 11.3 Å². The Kier molecular flexibility index (Phi) is 4.51. The van der Waals surface area contributed by atoms with Gasteiger partial charge in [0.15, 0.2) is 0 Å². The minimum Gasteiger partial charge on any atom is -0.392 e. The zero-order valence-corrected chi connectivity index (χ0v) is 12.7. The van der Waals surface area contributed by atoms with Crippen molar-refractivity contribution in [3.05, 3.63) is 58.9 Å². The van der Waals surface area contributed by atoms with Crippen molar-refractivity contribution in [2.24, 2.45) is 0 Å². The summed E-state index contributed by atoms with van der Waals surface area (Å²) in [4.78, 5) is -0.566. The number of halogens is 2. The number of rotatable bonds is 4. The third kappa shape index (κ3) is 3.02. The van der Waals surface area contributed by atoms with E-state index in [9.17, 15) is 12.8 Å². The first-order valence-corrected chi connectivity index (χ1v) is 7.82. The maximum absolute atomic E-state index is 13.8. The highest BCUT2D eigenvalue weighted by Gasteiger charge is 2.27. The molecule has 2 aromatic carbocycles. The first-order chi connectivity index (χ1) is 9.87. The highest BCUT2D eigenvalue weighted by atomic mass is 35.5. The van der Waals surface area contributed by atoms with Crippen molar-refractivity contribution >= 4 is 27.3 Å². The monoisotopic (exact) mass is 329 g/mol. The van der Waals surface area contributed by atoms with Crippen molar-refractivity contribution in [3.63, 3.8) is 0 Å². The molecule has 0 unspecified atom stereocenters. The number of hydrogen-bond donors (Lipinski definition) is 1. The molecule has 112 valence electrons. The fourth-order valence-electron chi connectivity index (χ4n) is 1.86. The van der Waals surface area contributed by atoms with Gasteiger partial charge in [-0.2, -0.15) is 0 Å². The van der Waals surface area contributed by atoms with Crippen LogP contribution in [0.15, 0.2) is 47.4 Å². The summed E-state index contributed by atoms with van der Waals surface area (Å²) in [7, 11) is -2.83. The van der Waals surface area contributed by atoms with Gasteiger partial charge in [0.2, 0.25) is 0 Å². The molecule has 0 atom stereocenters. The number of anilines is 1. The van der Waals surface area contributed by atoms with E-state index in [2.05, 4.69) is 0 Å². The van der Waals surface area contributed by atoms with E-state index in [0.717, 1.165) is 10.4 Å². The van der Waals surface area contributed by atoms with Crippen LogP contribution in [0.3, 0.4) is 0 Å². The van der Waals surface area contributed by atoms with Crippen LogP contribution in [-0.4, -0.2) is 20.6 Å². The van der Waals surface area contributed by atoms with Gasteiger partial charge in [-0.3, -0.25) is 4.31 Å². The van der Waals surface area contributed by atoms with E-state index in [-0.39, 0.29) is 11.6 Å². The Balaban J connectivity index is 2.53. The molecular weight excluding hydrogens is 317 g/mol. The lowest BCUT2D eigenvalue weighted by molar-refractivity contribution is 0.282. The summed E-state index contributed by atoms with van der Waals surface area (Å²) in [6, 6.07) is 10.0. The Morgan fingerprint density at radius 2 is 1.90 bits per heavy atom. The molecule has 0 aliphatic carbocycles. The highest BCUT2D eigenvalue weighted by Crippen LogP contribution is 2.29. The Bertz CT molecular complexity index is 744. The van der Waals surface area contributed by atoms with Crippen LogP contribution in [0.25, 0.3) is 0 Å². The second-order valence-corrected chi connectivity index (χ2v) is 6.66. The third-order valence-electron chi connectivity index (χ3n) is 2.99. The standard InChI is InChI=1S/C14H13ClFNO3S/c1-17(11-5-2-4-10(8-11)9-18)21(19,20)14-12(15)6-3-7-13(14)16/h2-8,18H,9H2,1H3. The van der Waals surface area contributed by atoms with Gasteiger partial charge in [-0.15, -0.1) is 0 Å². The van der Waals surface area contributed by atoms with E-state index >= 15 is 0 Å². The smallest absolute Gasteiger partial charge is 0.268 e. The largest absolute Gasteiger partial charge is 0.392 e. The second kappa shape index (κ2) is 6.01. The lowest BCUT2D eigenvalue weighted by atomic mass is 10.2. The molecule has 2 rings (SSSR count). The molecule has 4 nitrogen and oxygen atoms in total. The quantitative estimate of drug-likeness (QED) is 0.938. The maximum Gasteiger partial charge on any atom is 0.268 e. The minimum atomic E-state index is -4.13. The van der Waals surface area contributed by atoms with Gasteiger partial charge in [0.1, 0.15) is 10.7 Å². The Morgan fingerprint density at radius 3 is 2.52 bits per heavy atom. The molecule has 1 N–H and O–H groups in total. The second-order valence-electron chi connectivity index (χ2n) is 4.35. The molecule has 0 aromatic heterocycles. The summed E-state index contributed by atoms with van der Waals surface area (Å²) in [5.41, 5.74) is 0.857. The Labute approximate surface area is 127 Å². The van der Waals surface area contributed by atoms with Crippen LogP contribution in [0.5, 0.6) is 0 Å². The lowest BCUT2D eigenvalue weighted by Gasteiger charge is -2.21. The van der Waals surface area contributed by atoms with Gasteiger partial charge >= 0.3 is 0 Å². The van der Waals surface area contributed by atoms with E-state index in [1.807, 2.05) is 0 Å². The summed E-state index contributed by atoms with van der Waals surface area (Å²) in [5.74, 6) is -0.910. The van der Waals surface area contributed by atoms with Crippen molar-refractivity contribution in [2.75, 3.05) is 11.4 Å². The number of aliphatic hydroxyl groups is 1. The van der Waals surface area contributed by atoms with E-state index in [4.69, 9.17) is 16.7 Å². The zero-order valence-electron chi connectivity index (χ0n) is 11.1. The fraction of sp³-hybridized carbons (Fsp3) is 0.143. The van der Waals surface area contributed by atoms with Crippen molar-refractivity contribution in [1.82, 2.24) is 0 Å². The topological polar surface area (TPSA) is 57.6 Å². The van der Waals surface area contributed by atoms with Gasteiger partial charge in [-0.05, 0) is 29.8 Å². The van der Waals surface area contributed by atoms with Crippen molar-refractivity contribution in [1.29, 1.82) is 0 Å². The third-order valence-corrected chi connectivity index (χ3v) is 5.28. The van der Waals surface area contributed by atoms with Gasteiger partial charge in [0, 0.05) is 7.05 Å². The molecule has 21 heavy (non-hydrogen) atoms. The summed E-state index contributed by atoms with van der Waals surface area (Å²) in [5, 5.41) is 8.92. The molecule has 0 saturated heterocycles. The SMILES string of the molecule is CN(c1cccc(CO)c1)S(=O)(=O)c1c(F)cccc1Cl. The Morgan fingerprint density at radius 1 is 1.24 bits per heavy atom. The number of hydrogen-bond acceptors (Lipinski definition) is 3. The van der Waals surface area contributed by atoms with Gasteiger partial charge < -0.3 is 5.11 Å². The highest BCUT2D eigenvalue weighted by molar-refractivity contribution is 7.93. The summed E-state index contributed by atoms with van der Waals surface area (Å²) in [6.07, 6.45) is 0. The van der Waals surface area contributed by atoms with Crippen molar-refractivity contribution in [3.8, 4) is 0 Å². The van der Waals surface area contributed by atoms with Crippen LogP contribution in [0.2, 0.25) is 5.02 Å². The molecule has 0 amide bonds. The van der Waals surface area contributed by atoms with Crippen LogP contribution in [0.1, 0.15) is 5.56 Å². The normalized spacial score (nSPS) is 11.4. The zero-order chi connectivity index (χ0) is 15.6. The van der Waals surface area contributed by atoms with Gasteiger partial charge in [0.25, 0.3) is 10.0 Å². The molecule has 0 radical (unpaired) electrons. The molecule has 0 bridgehead atoms. The van der Waals surface area contributed by atoms with E-state index in [1.165, 1.54) is 25.2 Å². The molecule has 0 heterocycles. The van der Waals surface area contributed by atoms with Gasteiger partial charge in [-0.1, -0.05) is 29.8 Å². The van der Waals surface area contributed by atoms with Crippen LogP contribution < -0.4 is 4.31 Å². The maximum atomic E-state index is 13.8. The number of nitrogens with zero attached hydrogens (tertiary/aromatic N) is 1. The van der Waals surface area contributed by atoms with Crippen LogP contribution in [0, 0.1) is 5.82 Å². The number of sulfonamides is 1. The molecule has 0 spiro atoms. The fourth-order valence-corrected chi connectivity index (χ4v) is 3.60. The molecule has 0 fully saturated rings. The first kappa shape index (κ1) is 15.8.